The third-order valence-corrected chi connectivity index (χ3v) is 8.70. The SMILES string of the molecule is CCOC(=O)C(Cc1ccc(OCCN(C)C2c3cc(C)ccc3CCc3c(CCc4ccccc4)cccc32)cc1)OC. The van der Waals surface area contributed by atoms with E-state index in [9.17, 15) is 4.79 Å². The molecule has 230 valence electrons. The van der Waals surface area contributed by atoms with E-state index in [1.54, 1.807) is 6.92 Å². The molecule has 0 amide bonds. The Bertz CT molecular complexity index is 1520. The van der Waals surface area contributed by atoms with Crippen LogP contribution >= 0.6 is 0 Å². The van der Waals surface area contributed by atoms with Crippen molar-refractivity contribution in [3.63, 3.8) is 0 Å². The van der Waals surface area contributed by atoms with E-state index < -0.39 is 6.10 Å². The van der Waals surface area contributed by atoms with E-state index in [4.69, 9.17) is 14.2 Å². The quantitative estimate of drug-likeness (QED) is 0.155. The predicted octanol–water partition coefficient (Wildman–Crippen LogP) is 7.10. The highest BCUT2D eigenvalue weighted by Gasteiger charge is 2.28. The molecule has 1 aliphatic carbocycles. The highest BCUT2D eigenvalue weighted by atomic mass is 16.6. The zero-order valence-electron chi connectivity index (χ0n) is 26.6. The summed E-state index contributed by atoms with van der Waals surface area (Å²) in [6.45, 7) is 5.68. The minimum absolute atomic E-state index is 0.166. The molecule has 4 aromatic carbocycles. The molecule has 0 heterocycles. The van der Waals surface area contributed by atoms with Gasteiger partial charge in [0, 0.05) is 20.1 Å². The molecule has 0 aliphatic heterocycles. The molecule has 0 aromatic heterocycles. The molecule has 5 heteroatoms. The molecular formula is C39H45NO4. The standard InChI is InChI=1S/C39H45NO4/c1-5-43-39(41)37(42-4)27-30-16-21-33(22-17-30)44-25-24-40(3)38-35-13-9-12-31(19-15-29-10-7-6-8-11-29)34(35)23-20-32-18-14-28(2)26-36(32)38/h6-14,16-18,21-22,26,37-38H,5,15,19-20,23-25,27H2,1-4H3. The van der Waals surface area contributed by atoms with Gasteiger partial charge in [-0.1, -0.05) is 84.4 Å². The number of aryl methyl sites for hydroxylation is 4. The van der Waals surface area contributed by atoms with Gasteiger partial charge in [-0.05, 0) is 97.7 Å². The number of carbonyl (C=O) groups is 1. The van der Waals surface area contributed by atoms with Crippen molar-refractivity contribution in [3.8, 4) is 5.75 Å². The van der Waals surface area contributed by atoms with Crippen LogP contribution in [0.3, 0.4) is 0 Å². The van der Waals surface area contributed by atoms with Crippen molar-refractivity contribution in [3.05, 3.63) is 136 Å². The molecule has 0 saturated carbocycles. The Morgan fingerprint density at radius 2 is 1.68 bits per heavy atom. The first-order valence-corrected chi connectivity index (χ1v) is 15.8. The summed E-state index contributed by atoms with van der Waals surface area (Å²) in [4.78, 5) is 14.6. The number of fused-ring (bicyclic) bond motifs is 2. The molecule has 2 atom stereocenters. The van der Waals surface area contributed by atoms with Crippen LogP contribution in [-0.2, 0) is 46.4 Å². The number of carbonyl (C=O) groups excluding carboxylic acids is 1. The second-order valence-electron chi connectivity index (χ2n) is 11.7. The van der Waals surface area contributed by atoms with Crippen LogP contribution in [0.25, 0.3) is 0 Å². The fourth-order valence-corrected chi connectivity index (χ4v) is 6.34. The molecule has 1 aliphatic rings. The zero-order chi connectivity index (χ0) is 30.9. The van der Waals surface area contributed by atoms with Gasteiger partial charge in [0.2, 0.25) is 0 Å². The lowest BCUT2D eigenvalue weighted by Crippen LogP contribution is -2.30. The first kappa shape index (κ1) is 31.5. The van der Waals surface area contributed by atoms with Gasteiger partial charge < -0.3 is 14.2 Å². The molecule has 44 heavy (non-hydrogen) atoms. The van der Waals surface area contributed by atoms with Crippen LogP contribution < -0.4 is 4.74 Å². The number of hydrogen-bond donors (Lipinski definition) is 0. The van der Waals surface area contributed by atoms with Crippen molar-refractivity contribution in [2.24, 2.45) is 0 Å². The second-order valence-corrected chi connectivity index (χ2v) is 11.7. The van der Waals surface area contributed by atoms with Gasteiger partial charge in [0.1, 0.15) is 12.4 Å². The highest BCUT2D eigenvalue weighted by molar-refractivity contribution is 5.75. The van der Waals surface area contributed by atoms with Crippen LogP contribution in [-0.4, -0.2) is 50.9 Å². The Hall–Kier alpha value is -3.93. The normalized spacial score (nSPS) is 14.8. The lowest BCUT2D eigenvalue weighted by atomic mass is 9.89. The largest absolute Gasteiger partial charge is 0.492 e. The minimum atomic E-state index is -0.608. The molecule has 0 N–H and O–H groups in total. The summed E-state index contributed by atoms with van der Waals surface area (Å²) in [6.07, 6.45) is 4.06. The first-order valence-electron chi connectivity index (χ1n) is 15.8. The molecule has 0 saturated heterocycles. The lowest BCUT2D eigenvalue weighted by molar-refractivity contribution is -0.154. The number of benzene rings is 4. The van der Waals surface area contributed by atoms with Crippen molar-refractivity contribution in [1.29, 1.82) is 0 Å². The summed E-state index contributed by atoms with van der Waals surface area (Å²) < 4.78 is 16.7. The molecule has 4 aromatic rings. The van der Waals surface area contributed by atoms with E-state index in [-0.39, 0.29) is 12.0 Å². The molecule has 5 rings (SSSR count). The Morgan fingerprint density at radius 3 is 2.43 bits per heavy atom. The summed E-state index contributed by atoms with van der Waals surface area (Å²) in [5.74, 6) is 0.478. The smallest absolute Gasteiger partial charge is 0.335 e. The highest BCUT2D eigenvalue weighted by Crippen LogP contribution is 2.38. The van der Waals surface area contributed by atoms with Crippen LogP contribution in [0, 0.1) is 6.92 Å². The van der Waals surface area contributed by atoms with Crippen molar-refractivity contribution in [1.82, 2.24) is 4.90 Å². The fourth-order valence-electron chi connectivity index (χ4n) is 6.34. The maximum absolute atomic E-state index is 12.1. The number of hydrogen-bond acceptors (Lipinski definition) is 5. The van der Waals surface area contributed by atoms with Gasteiger partial charge in [-0.25, -0.2) is 4.79 Å². The molecule has 5 nitrogen and oxygen atoms in total. The predicted molar refractivity (Wildman–Crippen MR) is 176 cm³/mol. The van der Waals surface area contributed by atoms with Gasteiger partial charge in [0.25, 0.3) is 0 Å². The molecule has 0 bridgehead atoms. The van der Waals surface area contributed by atoms with Gasteiger partial charge in [-0.2, -0.15) is 0 Å². The van der Waals surface area contributed by atoms with Crippen LogP contribution in [0.4, 0.5) is 0 Å². The van der Waals surface area contributed by atoms with E-state index in [0.29, 0.717) is 19.6 Å². The minimum Gasteiger partial charge on any atom is -0.492 e. The molecule has 0 spiro atoms. The maximum atomic E-state index is 12.1. The van der Waals surface area contributed by atoms with E-state index in [1.807, 2.05) is 24.3 Å². The van der Waals surface area contributed by atoms with Gasteiger partial charge in [-0.3, -0.25) is 4.90 Å². The van der Waals surface area contributed by atoms with Gasteiger partial charge in [0.05, 0.1) is 12.6 Å². The maximum Gasteiger partial charge on any atom is 0.335 e. The monoisotopic (exact) mass is 591 g/mol. The summed E-state index contributed by atoms with van der Waals surface area (Å²) >= 11 is 0. The summed E-state index contributed by atoms with van der Waals surface area (Å²) in [5, 5.41) is 0. The van der Waals surface area contributed by atoms with Gasteiger partial charge in [0.15, 0.2) is 6.10 Å². The number of esters is 1. The average Bonchev–Trinajstić information content (AvgIpc) is 3.20. The van der Waals surface area contributed by atoms with Crippen molar-refractivity contribution in [2.45, 2.75) is 58.1 Å². The lowest BCUT2D eigenvalue weighted by Gasteiger charge is -2.31. The second kappa shape index (κ2) is 15.2. The number of nitrogens with zero attached hydrogens (tertiary/aromatic N) is 1. The molecule has 0 radical (unpaired) electrons. The molecule has 2 unspecified atom stereocenters. The average molecular weight is 592 g/mol. The topological polar surface area (TPSA) is 48.0 Å². The van der Waals surface area contributed by atoms with Crippen molar-refractivity contribution < 1.29 is 19.0 Å². The fraction of sp³-hybridized carbons (Fsp3) is 0.359. The Labute approximate surface area is 262 Å². The third kappa shape index (κ3) is 7.77. The van der Waals surface area contributed by atoms with Gasteiger partial charge in [-0.15, -0.1) is 0 Å². The van der Waals surface area contributed by atoms with E-state index >= 15 is 0 Å². The van der Waals surface area contributed by atoms with Crippen LogP contribution in [0.15, 0.2) is 91.0 Å². The summed E-state index contributed by atoms with van der Waals surface area (Å²) in [7, 11) is 3.75. The van der Waals surface area contributed by atoms with E-state index in [0.717, 1.165) is 43.5 Å². The molecular weight excluding hydrogens is 546 g/mol. The zero-order valence-corrected chi connectivity index (χ0v) is 26.6. The van der Waals surface area contributed by atoms with Crippen LogP contribution in [0.1, 0.15) is 57.5 Å². The first-order chi connectivity index (χ1) is 21.5. The summed E-state index contributed by atoms with van der Waals surface area (Å²) in [6, 6.07) is 32.7. The Balaban J connectivity index is 1.29. The van der Waals surface area contributed by atoms with E-state index in [2.05, 4.69) is 85.6 Å². The number of rotatable bonds is 13. The van der Waals surface area contributed by atoms with E-state index in [1.165, 1.54) is 46.1 Å². The summed E-state index contributed by atoms with van der Waals surface area (Å²) in [5.41, 5.74) is 10.9. The van der Waals surface area contributed by atoms with Crippen molar-refractivity contribution >= 4 is 5.97 Å². The number of likely N-dealkylation sites (N-methyl/N-ethyl adjacent to an activating group) is 1. The van der Waals surface area contributed by atoms with Crippen LogP contribution in [0.2, 0.25) is 0 Å². The molecule has 0 fully saturated rings. The Morgan fingerprint density at radius 1 is 0.886 bits per heavy atom. The number of methoxy groups -OCH3 is 1. The van der Waals surface area contributed by atoms with Crippen LogP contribution in [0.5, 0.6) is 5.75 Å². The third-order valence-electron chi connectivity index (χ3n) is 8.70. The van der Waals surface area contributed by atoms with Gasteiger partial charge >= 0.3 is 5.97 Å². The van der Waals surface area contributed by atoms with Crippen molar-refractivity contribution in [2.75, 3.05) is 33.9 Å². The number of ether oxygens (including phenoxy) is 3. The Kier molecular flexibility index (Phi) is 10.9.